The molecule has 0 aliphatic carbocycles. The molecule has 1 fully saturated rings. The van der Waals surface area contributed by atoms with Crippen LogP contribution in [0.5, 0.6) is 0 Å². The molecule has 1 heterocycles. The van der Waals surface area contributed by atoms with Crippen molar-refractivity contribution in [3.63, 3.8) is 0 Å². The number of benzene rings is 1. The van der Waals surface area contributed by atoms with Crippen LogP contribution in [0.4, 0.5) is 10.5 Å². The average molecular weight is 362 g/mol. The van der Waals surface area contributed by atoms with Gasteiger partial charge in [0, 0.05) is 32.4 Å². The highest BCUT2D eigenvalue weighted by Crippen LogP contribution is 2.18. The predicted molar refractivity (Wildman–Crippen MR) is 99.0 cm³/mol. The SMILES string of the molecule is CN=C(NCc1ccc(NC(=O)OC)cc1)N1CCC(C(=O)OC)CC1. The molecule has 26 heavy (non-hydrogen) atoms. The topological polar surface area (TPSA) is 92.3 Å². The van der Waals surface area contributed by atoms with Crippen molar-refractivity contribution >= 4 is 23.7 Å². The fraction of sp³-hybridized carbons (Fsp3) is 0.500. The van der Waals surface area contributed by atoms with Gasteiger partial charge in [-0.3, -0.25) is 15.1 Å². The van der Waals surface area contributed by atoms with Crippen molar-refractivity contribution in [2.75, 3.05) is 39.7 Å². The lowest BCUT2D eigenvalue weighted by molar-refractivity contribution is -0.146. The monoisotopic (exact) mass is 362 g/mol. The quantitative estimate of drug-likeness (QED) is 0.482. The first-order valence-corrected chi connectivity index (χ1v) is 8.54. The lowest BCUT2D eigenvalue weighted by Crippen LogP contribution is -2.46. The standard InChI is InChI=1S/C18H26N4O4/c1-19-17(22-10-8-14(9-11-22)16(23)25-2)20-12-13-4-6-15(7-5-13)21-18(24)26-3/h4-7,14H,8-12H2,1-3H3,(H,19,20)(H,21,24). The van der Waals surface area contributed by atoms with E-state index in [1.54, 1.807) is 7.05 Å². The molecule has 1 aromatic rings. The van der Waals surface area contributed by atoms with Crippen molar-refractivity contribution in [2.24, 2.45) is 10.9 Å². The van der Waals surface area contributed by atoms with Gasteiger partial charge >= 0.3 is 12.1 Å². The summed E-state index contributed by atoms with van der Waals surface area (Å²) in [6.45, 7) is 2.14. The number of esters is 1. The van der Waals surface area contributed by atoms with Crippen LogP contribution in [0.3, 0.4) is 0 Å². The van der Waals surface area contributed by atoms with E-state index >= 15 is 0 Å². The first-order valence-electron chi connectivity index (χ1n) is 8.54. The Morgan fingerprint density at radius 1 is 1.15 bits per heavy atom. The van der Waals surface area contributed by atoms with Crippen LogP contribution < -0.4 is 10.6 Å². The molecule has 142 valence electrons. The van der Waals surface area contributed by atoms with Gasteiger partial charge in [-0.05, 0) is 30.5 Å². The highest BCUT2D eigenvalue weighted by Gasteiger charge is 2.26. The number of guanidine groups is 1. The van der Waals surface area contributed by atoms with Gasteiger partial charge in [0.05, 0.1) is 20.1 Å². The summed E-state index contributed by atoms with van der Waals surface area (Å²) in [5, 5.41) is 5.95. The molecule has 0 bridgehead atoms. The largest absolute Gasteiger partial charge is 0.469 e. The molecule has 0 radical (unpaired) electrons. The summed E-state index contributed by atoms with van der Waals surface area (Å²) < 4.78 is 9.38. The molecule has 1 aliphatic rings. The zero-order valence-corrected chi connectivity index (χ0v) is 15.4. The third-order valence-corrected chi connectivity index (χ3v) is 4.38. The minimum atomic E-state index is -0.494. The maximum Gasteiger partial charge on any atom is 0.411 e. The second-order valence-electron chi connectivity index (χ2n) is 6.00. The second-order valence-corrected chi connectivity index (χ2v) is 6.00. The number of nitrogens with one attached hydrogen (secondary N) is 2. The average Bonchev–Trinajstić information content (AvgIpc) is 2.69. The van der Waals surface area contributed by atoms with Crippen molar-refractivity contribution < 1.29 is 19.1 Å². The molecular formula is C18H26N4O4. The van der Waals surface area contributed by atoms with Crippen molar-refractivity contribution in [3.05, 3.63) is 29.8 Å². The van der Waals surface area contributed by atoms with Crippen LogP contribution in [-0.2, 0) is 20.8 Å². The van der Waals surface area contributed by atoms with Gasteiger partial charge in [0.1, 0.15) is 0 Å². The molecule has 8 nitrogen and oxygen atoms in total. The number of amides is 1. The van der Waals surface area contributed by atoms with Crippen LogP contribution in [0.15, 0.2) is 29.3 Å². The van der Waals surface area contributed by atoms with Crippen LogP contribution in [0.2, 0.25) is 0 Å². The predicted octanol–water partition coefficient (Wildman–Crippen LogP) is 1.83. The Morgan fingerprint density at radius 2 is 1.81 bits per heavy atom. The van der Waals surface area contributed by atoms with E-state index in [-0.39, 0.29) is 11.9 Å². The van der Waals surface area contributed by atoms with Gasteiger partial charge in [-0.25, -0.2) is 4.79 Å². The number of nitrogens with zero attached hydrogens (tertiary/aromatic N) is 2. The summed E-state index contributed by atoms with van der Waals surface area (Å²) in [5.41, 5.74) is 1.74. The number of carbonyl (C=O) groups is 2. The molecule has 1 aromatic carbocycles. The summed E-state index contributed by atoms with van der Waals surface area (Å²) in [7, 11) is 4.51. The molecule has 0 unspecified atom stereocenters. The number of hydrogen-bond donors (Lipinski definition) is 2. The van der Waals surface area contributed by atoms with Gasteiger partial charge < -0.3 is 19.7 Å². The molecule has 8 heteroatoms. The summed E-state index contributed by atoms with van der Waals surface area (Å²) in [5.74, 6) is 0.655. The highest BCUT2D eigenvalue weighted by molar-refractivity contribution is 5.84. The van der Waals surface area contributed by atoms with Crippen LogP contribution in [0, 0.1) is 5.92 Å². The first-order chi connectivity index (χ1) is 12.6. The Bertz CT molecular complexity index is 637. The second kappa shape index (κ2) is 9.65. The fourth-order valence-corrected chi connectivity index (χ4v) is 2.88. The minimum absolute atomic E-state index is 0.0239. The number of methoxy groups -OCH3 is 2. The van der Waals surface area contributed by atoms with E-state index < -0.39 is 6.09 Å². The highest BCUT2D eigenvalue weighted by atomic mass is 16.5. The Kier molecular flexibility index (Phi) is 7.25. The van der Waals surface area contributed by atoms with Crippen molar-refractivity contribution in [1.82, 2.24) is 10.2 Å². The summed E-state index contributed by atoms with van der Waals surface area (Å²) in [6, 6.07) is 7.49. The van der Waals surface area contributed by atoms with Crippen LogP contribution in [0.1, 0.15) is 18.4 Å². The number of ether oxygens (including phenoxy) is 2. The molecule has 0 aromatic heterocycles. The lowest BCUT2D eigenvalue weighted by Gasteiger charge is -2.33. The number of anilines is 1. The maximum atomic E-state index is 11.6. The third kappa shape index (κ3) is 5.37. The Labute approximate surface area is 153 Å². The molecule has 0 spiro atoms. The number of carbonyl (C=O) groups excluding carboxylic acids is 2. The van der Waals surface area contributed by atoms with E-state index in [0.717, 1.165) is 37.5 Å². The van der Waals surface area contributed by atoms with E-state index in [9.17, 15) is 9.59 Å². The van der Waals surface area contributed by atoms with Gasteiger partial charge in [0.25, 0.3) is 0 Å². The van der Waals surface area contributed by atoms with E-state index in [4.69, 9.17) is 4.74 Å². The van der Waals surface area contributed by atoms with E-state index in [1.165, 1.54) is 14.2 Å². The lowest BCUT2D eigenvalue weighted by atomic mass is 9.97. The smallest absolute Gasteiger partial charge is 0.411 e. The number of rotatable bonds is 4. The van der Waals surface area contributed by atoms with E-state index in [1.807, 2.05) is 24.3 Å². The summed E-state index contributed by atoms with van der Waals surface area (Å²) >= 11 is 0. The Morgan fingerprint density at radius 3 is 2.35 bits per heavy atom. The molecule has 1 aliphatic heterocycles. The van der Waals surface area contributed by atoms with Gasteiger partial charge in [-0.15, -0.1) is 0 Å². The fourth-order valence-electron chi connectivity index (χ4n) is 2.88. The van der Waals surface area contributed by atoms with E-state index in [0.29, 0.717) is 12.2 Å². The van der Waals surface area contributed by atoms with Gasteiger partial charge in [-0.2, -0.15) is 0 Å². The Balaban J connectivity index is 1.84. The van der Waals surface area contributed by atoms with Gasteiger partial charge in [0.2, 0.25) is 0 Å². The minimum Gasteiger partial charge on any atom is -0.469 e. The van der Waals surface area contributed by atoms with Crippen LogP contribution in [0.25, 0.3) is 0 Å². The molecule has 0 atom stereocenters. The summed E-state index contributed by atoms with van der Waals surface area (Å²) in [4.78, 5) is 29.3. The maximum absolute atomic E-state index is 11.6. The van der Waals surface area contributed by atoms with Crippen LogP contribution in [-0.4, -0.2) is 57.3 Å². The molecule has 1 saturated heterocycles. The van der Waals surface area contributed by atoms with Crippen molar-refractivity contribution in [2.45, 2.75) is 19.4 Å². The molecular weight excluding hydrogens is 336 g/mol. The zero-order valence-electron chi connectivity index (χ0n) is 15.4. The van der Waals surface area contributed by atoms with Gasteiger partial charge in [0.15, 0.2) is 5.96 Å². The van der Waals surface area contributed by atoms with Crippen molar-refractivity contribution in [3.8, 4) is 0 Å². The van der Waals surface area contributed by atoms with E-state index in [2.05, 4.69) is 25.3 Å². The Hall–Kier alpha value is -2.77. The molecule has 2 rings (SSSR count). The number of piperidine rings is 1. The normalized spacial score (nSPS) is 15.3. The molecule has 0 saturated carbocycles. The molecule has 2 N–H and O–H groups in total. The number of aliphatic imine (C=N–C) groups is 1. The number of hydrogen-bond acceptors (Lipinski definition) is 5. The number of likely N-dealkylation sites (tertiary alicyclic amines) is 1. The van der Waals surface area contributed by atoms with Gasteiger partial charge in [-0.1, -0.05) is 12.1 Å². The first kappa shape index (κ1) is 19.6. The molecule has 1 amide bonds. The zero-order chi connectivity index (χ0) is 18.9. The van der Waals surface area contributed by atoms with Crippen LogP contribution >= 0.6 is 0 Å². The van der Waals surface area contributed by atoms with Crippen molar-refractivity contribution in [1.29, 1.82) is 0 Å². The summed E-state index contributed by atoms with van der Waals surface area (Å²) in [6.07, 6.45) is 1.04. The third-order valence-electron chi connectivity index (χ3n) is 4.38.